The highest BCUT2D eigenvalue weighted by Gasteiger charge is 2.32. The molecular formula is C19H16ClNO2S2. The zero-order chi connectivity index (χ0) is 17.8. The van der Waals surface area contributed by atoms with Gasteiger partial charge in [-0.1, -0.05) is 65.9 Å². The molecule has 1 amide bonds. The van der Waals surface area contributed by atoms with Gasteiger partial charge in [0, 0.05) is 10.6 Å². The van der Waals surface area contributed by atoms with Crippen molar-refractivity contribution in [2.75, 3.05) is 6.61 Å². The number of halogens is 1. The number of benzene rings is 2. The van der Waals surface area contributed by atoms with Crippen molar-refractivity contribution in [2.24, 2.45) is 0 Å². The molecule has 1 aliphatic rings. The number of hydrogen-bond acceptors (Lipinski definition) is 4. The molecule has 128 valence electrons. The molecule has 0 aliphatic carbocycles. The Hall–Kier alpha value is -1.82. The molecular weight excluding hydrogens is 374 g/mol. The lowest BCUT2D eigenvalue weighted by Gasteiger charge is -2.14. The Balaban J connectivity index is 1.87. The SMILES string of the molecule is CCOc1ccc(Cl)cc1C=C1SC(=S)N(Cc2ccccc2)C1=O. The van der Waals surface area contributed by atoms with Crippen molar-refractivity contribution < 1.29 is 9.53 Å². The van der Waals surface area contributed by atoms with E-state index < -0.39 is 0 Å². The number of hydrogen-bond donors (Lipinski definition) is 0. The molecule has 3 rings (SSSR count). The van der Waals surface area contributed by atoms with E-state index in [1.165, 1.54) is 11.8 Å². The average molecular weight is 390 g/mol. The van der Waals surface area contributed by atoms with E-state index in [-0.39, 0.29) is 5.91 Å². The van der Waals surface area contributed by atoms with Crippen molar-refractivity contribution in [3.05, 3.63) is 69.6 Å². The number of rotatable bonds is 5. The number of carbonyl (C=O) groups excluding carboxylic acids is 1. The Bertz CT molecular complexity index is 837. The number of thiocarbonyl (C=S) groups is 1. The van der Waals surface area contributed by atoms with Crippen LogP contribution in [-0.2, 0) is 11.3 Å². The standard InChI is InChI=1S/C19H16ClNO2S2/c1-2-23-16-9-8-15(20)10-14(16)11-17-18(22)21(19(24)25-17)12-13-6-4-3-5-7-13/h3-11H,2,12H2,1H3. The molecule has 1 aliphatic heterocycles. The van der Waals surface area contributed by atoms with Crippen LogP contribution >= 0.6 is 35.6 Å². The van der Waals surface area contributed by atoms with Crippen LogP contribution < -0.4 is 4.74 Å². The van der Waals surface area contributed by atoms with Crippen LogP contribution in [-0.4, -0.2) is 21.7 Å². The first-order chi connectivity index (χ1) is 12.1. The molecule has 0 aromatic heterocycles. The van der Waals surface area contributed by atoms with E-state index in [1.807, 2.05) is 43.3 Å². The summed E-state index contributed by atoms with van der Waals surface area (Å²) in [6, 6.07) is 15.2. The van der Waals surface area contributed by atoms with Gasteiger partial charge < -0.3 is 4.74 Å². The van der Waals surface area contributed by atoms with Gasteiger partial charge in [0.15, 0.2) is 0 Å². The predicted octanol–water partition coefficient (Wildman–Crippen LogP) is 5.14. The Morgan fingerprint density at radius 2 is 2.00 bits per heavy atom. The smallest absolute Gasteiger partial charge is 0.266 e. The second-order valence-corrected chi connectivity index (χ2v) is 7.48. The maximum absolute atomic E-state index is 12.8. The molecule has 0 unspecified atom stereocenters. The fraction of sp³-hybridized carbons (Fsp3) is 0.158. The molecule has 0 N–H and O–H groups in total. The minimum atomic E-state index is -0.0960. The minimum Gasteiger partial charge on any atom is -0.493 e. The molecule has 0 saturated carbocycles. The van der Waals surface area contributed by atoms with Crippen molar-refractivity contribution in [2.45, 2.75) is 13.5 Å². The van der Waals surface area contributed by atoms with Crippen LogP contribution in [0.3, 0.4) is 0 Å². The molecule has 1 saturated heterocycles. The van der Waals surface area contributed by atoms with E-state index in [0.717, 1.165) is 11.1 Å². The van der Waals surface area contributed by atoms with Crippen molar-refractivity contribution in [1.82, 2.24) is 4.90 Å². The van der Waals surface area contributed by atoms with E-state index >= 15 is 0 Å². The third-order valence-electron chi connectivity index (χ3n) is 3.62. The van der Waals surface area contributed by atoms with Gasteiger partial charge in [-0.05, 0) is 36.8 Å². The normalized spacial score (nSPS) is 15.9. The highest BCUT2D eigenvalue weighted by Crippen LogP contribution is 2.35. The third-order valence-corrected chi connectivity index (χ3v) is 5.23. The summed E-state index contributed by atoms with van der Waals surface area (Å²) < 4.78 is 6.17. The van der Waals surface area contributed by atoms with Crippen LogP contribution in [0.5, 0.6) is 5.75 Å². The van der Waals surface area contributed by atoms with Crippen LogP contribution in [0.2, 0.25) is 5.02 Å². The summed E-state index contributed by atoms with van der Waals surface area (Å²) in [5, 5.41) is 0.592. The molecule has 0 bridgehead atoms. The third kappa shape index (κ3) is 4.24. The van der Waals surface area contributed by atoms with Crippen LogP contribution in [0.1, 0.15) is 18.1 Å². The van der Waals surface area contributed by atoms with Gasteiger partial charge in [-0.25, -0.2) is 0 Å². The molecule has 0 radical (unpaired) electrons. The zero-order valence-electron chi connectivity index (χ0n) is 13.6. The Kier molecular flexibility index (Phi) is 5.78. The highest BCUT2D eigenvalue weighted by molar-refractivity contribution is 8.26. The molecule has 0 spiro atoms. The van der Waals surface area contributed by atoms with Gasteiger partial charge in [-0.15, -0.1) is 0 Å². The molecule has 2 aromatic rings. The summed E-state index contributed by atoms with van der Waals surface area (Å²) in [6.07, 6.45) is 1.79. The molecule has 3 nitrogen and oxygen atoms in total. The second-order valence-electron chi connectivity index (χ2n) is 5.37. The molecule has 0 atom stereocenters. The number of ether oxygens (including phenoxy) is 1. The first-order valence-corrected chi connectivity index (χ1v) is 9.40. The summed E-state index contributed by atoms with van der Waals surface area (Å²) in [4.78, 5) is 14.9. The van der Waals surface area contributed by atoms with E-state index in [1.54, 1.807) is 23.1 Å². The number of amides is 1. The van der Waals surface area contributed by atoms with Gasteiger partial charge in [-0.2, -0.15) is 0 Å². The summed E-state index contributed by atoms with van der Waals surface area (Å²) in [6.45, 7) is 2.92. The van der Waals surface area contributed by atoms with Crippen LogP contribution in [0.25, 0.3) is 6.08 Å². The lowest BCUT2D eigenvalue weighted by atomic mass is 10.1. The first kappa shape index (κ1) is 18.0. The van der Waals surface area contributed by atoms with Gasteiger partial charge in [-0.3, -0.25) is 9.69 Å². The Labute approximate surface area is 161 Å². The van der Waals surface area contributed by atoms with Crippen molar-refractivity contribution in [1.29, 1.82) is 0 Å². The van der Waals surface area contributed by atoms with E-state index in [4.69, 9.17) is 28.6 Å². The lowest BCUT2D eigenvalue weighted by Crippen LogP contribution is -2.27. The van der Waals surface area contributed by atoms with Gasteiger partial charge >= 0.3 is 0 Å². The number of thioether (sulfide) groups is 1. The summed E-state index contributed by atoms with van der Waals surface area (Å²) in [5.41, 5.74) is 1.81. The summed E-state index contributed by atoms with van der Waals surface area (Å²) >= 11 is 12.8. The first-order valence-electron chi connectivity index (χ1n) is 7.80. The molecule has 6 heteroatoms. The maximum atomic E-state index is 12.8. The summed E-state index contributed by atoms with van der Waals surface area (Å²) in [5.74, 6) is 0.599. The fourth-order valence-electron chi connectivity index (χ4n) is 2.46. The highest BCUT2D eigenvalue weighted by atomic mass is 35.5. The monoisotopic (exact) mass is 389 g/mol. The van der Waals surface area contributed by atoms with Crippen LogP contribution in [0, 0.1) is 0 Å². The van der Waals surface area contributed by atoms with Gasteiger partial charge in [0.1, 0.15) is 10.1 Å². The number of nitrogens with zero attached hydrogens (tertiary/aromatic N) is 1. The molecule has 2 aromatic carbocycles. The van der Waals surface area contributed by atoms with Crippen molar-refractivity contribution in [3.63, 3.8) is 0 Å². The topological polar surface area (TPSA) is 29.5 Å². The zero-order valence-corrected chi connectivity index (χ0v) is 16.0. The minimum absolute atomic E-state index is 0.0960. The fourth-order valence-corrected chi connectivity index (χ4v) is 3.89. The average Bonchev–Trinajstić information content (AvgIpc) is 2.86. The van der Waals surface area contributed by atoms with Gasteiger partial charge in [0.25, 0.3) is 5.91 Å². The second kappa shape index (κ2) is 8.04. The Morgan fingerprint density at radius 3 is 2.72 bits per heavy atom. The molecule has 1 heterocycles. The van der Waals surface area contributed by atoms with E-state index in [9.17, 15) is 4.79 Å². The molecule has 1 fully saturated rings. The lowest BCUT2D eigenvalue weighted by molar-refractivity contribution is -0.122. The summed E-state index contributed by atoms with van der Waals surface area (Å²) in [7, 11) is 0. The maximum Gasteiger partial charge on any atom is 0.266 e. The van der Waals surface area contributed by atoms with Crippen molar-refractivity contribution in [3.8, 4) is 5.75 Å². The van der Waals surface area contributed by atoms with Gasteiger partial charge in [0.05, 0.1) is 18.1 Å². The Morgan fingerprint density at radius 1 is 1.24 bits per heavy atom. The quantitative estimate of drug-likeness (QED) is 0.523. The predicted molar refractivity (Wildman–Crippen MR) is 108 cm³/mol. The van der Waals surface area contributed by atoms with Gasteiger partial charge in [0.2, 0.25) is 0 Å². The van der Waals surface area contributed by atoms with Crippen molar-refractivity contribution >= 4 is 51.9 Å². The number of carbonyl (C=O) groups is 1. The largest absolute Gasteiger partial charge is 0.493 e. The van der Waals surface area contributed by atoms with Crippen LogP contribution in [0.15, 0.2) is 53.4 Å². The molecule has 25 heavy (non-hydrogen) atoms. The van der Waals surface area contributed by atoms with E-state index in [2.05, 4.69) is 0 Å². The van der Waals surface area contributed by atoms with E-state index in [0.29, 0.717) is 33.1 Å². The van der Waals surface area contributed by atoms with Crippen LogP contribution in [0.4, 0.5) is 0 Å².